The van der Waals surface area contributed by atoms with Crippen molar-refractivity contribution in [3.63, 3.8) is 0 Å². The Morgan fingerprint density at radius 3 is 2.26 bits per heavy atom. The summed E-state index contributed by atoms with van der Waals surface area (Å²) in [5.74, 6) is 1.46. The van der Waals surface area contributed by atoms with Gasteiger partial charge in [0.25, 0.3) is 0 Å². The van der Waals surface area contributed by atoms with Crippen molar-refractivity contribution in [2.45, 2.75) is 69.2 Å². The Morgan fingerprint density at radius 1 is 0.912 bits per heavy atom. The number of benzene rings is 2. The Labute approximate surface area is 204 Å². The molecule has 2 N–H and O–H groups in total. The fraction of sp³-hybridized carbons (Fsp3) is 0.556. The molecule has 34 heavy (non-hydrogen) atoms. The molecule has 0 heterocycles. The van der Waals surface area contributed by atoms with Crippen LogP contribution >= 0.6 is 7.37 Å². The first kappa shape index (κ1) is 25.6. The van der Waals surface area contributed by atoms with Gasteiger partial charge in [-0.05, 0) is 73.1 Å². The van der Waals surface area contributed by atoms with Crippen LogP contribution in [0.15, 0.2) is 59.5 Å². The average Bonchev–Trinajstić information content (AvgIpc) is 3.44. The Bertz CT molecular complexity index is 1090. The minimum atomic E-state index is -3.57. The van der Waals surface area contributed by atoms with Crippen LogP contribution in [0.25, 0.3) is 11.1 Å². The highest BCUT2D eigenvalue weighted by Gasteiger charge is 2.48. The van der Waals surface area contributed by atoms with Crippen LogP contribution in [0.4, 0.5) is 0 Å². The molecule has 0 spiro atoms. The van der Waals surface area contributed by atoms with Crippen molar-refractivity contribution in [1.82, 2.24) is 4.72 Å². The quantitative estimate of drug-likeness (QED) is 0.263. The third-order valence-electron chi connectivity index (χ3n) is 7.94. The first-order valence-electron chi connectivity index (χ1n) is 12.8. The van der Waals surface area contributed by atoms with Gasteiger partial charge in [-0.15, -0.1) is 0 Å². The molecular weight excluding hydrogens is 465 g/mol. The van der Waals surface area contributed by atoms with Crippen molar-refractivity contribution < 1.29 is 17.9 Å². The lowest BCUT2D eigenvalue weighted by Gasteiger charge is -2.31. The minimum absolute atomic E-state index is 0.0234. The minimum Gasteiger partial charge on any atom is -0.344 e. The highest BCUT2D eigenvalue weighted by atomic mass is 32.2. The maximum Gasteiger partial charge on any atom is 0.240 e. The van der Waals surface area contributed by atoms with Crippen molar-refractivity contribution in [3.8, 4) is 11.1 Å². The SMILES string of the molecule is CCP(=O)(O)CCCCCCC1C(NS(=O)(=O)c2ccc(-c3ccccc3)cc2)C2CC[C@H]1C2. The van der Waals surface area contributed by atoms with Crippen molar-refractivity contribution in [2.24, 2.45) is 17.8 Å². The molecule has 0 aromatic heterocycles. The summed E-state index contributed by atoms with van der Waals surface area (Å²) in [4.78, 5) is 10.1. The molecule has 0 radical (unpaired) electrons. The Balaban J connectivity index is 1.33. The second kappa shape index (κ2) is 11.1. The summed E-state index contributed by atoms with van der Waals surface area (Å²) in [6, 6.07) is 17.2. The molecule has 4 rings (SSSR count). The normalized spacial score (nSPS) is 25.9. The summed E-state index contributed by atoms with van der Waals surface area (Å²) >= 11 is 0. The number of unbranched alkanes of at least 4 members (excludes halogenated alkanes) is 3. The van der Waals surface area contributed by atoms with E-state index >= 15 is 0 Å². The molecule has 2 fully saturated rings. The maximum absolute atomic E-state index is 13.2. The zero-order chi connectivity index (χ0) is 24.2. The van der Waals surface area contributed by atoms with E-state index in [0.717, 1.165) is 56.1 Å². The molecule has 2 aromatic carbocycles. The molecule has 2 aliphatic rings. The van der Waals surface area contributed by atoms with Gasteiger partial charge in [0, 0.05) is 18.4 Å². The molecule has 186 valence electrons. The second-order valence-corrected chi connectivity index (χ2v) is 14.6. The van der Waals surface area contributed by atoms with Gasteiger partial charge in [0.1, 0.15) is 0 Å². The van der Waals surface area contributed by atoms with Gasteiger partial charge >= 0.3 is 0 Å². The number of sulfonamides is 1. The van der Waals surface area contributed by atoms with E-state index in [9.17, 15) is 17.9 Å². The van der Waals surface area contributed by atoms with Gasteiger partial charge in [-0.2, -0.15) is 0 Å². The van der Waals surface area contributed by atoms with Gasteiger partial charge in [0.2, 0.25) is 10.0 Å². The first-order valence-corrected chi connectivity index (χ1v) is 16.3. The van der Waals surface area contributed by atoms with Crippen LogP contribution < -0.4 is 4.72 Å². The third kappa shape index (κ3) is 6.20. The zero-order valence-corrected chi connectivity index (χ0v) is 21.8. The van der Waals surface area contributed by atoms with Crippen LogP contribution in [0, 0.1) is 17.8 Å². The monoisotopic (exact) mass is 503 g/mol. The van der Waals surface area contributed by atoms with Crippen LogP contribution in [0.1, 0.15) is 58.3 Å². The molecule has 0 saturated heterocycles. The Hall–Kier alpha value is -1.46. The van der Waals surface area contributed by atoms with Gasteiger partial charge in [0.05, 0.1) is 4.90 Å². The van der Waals surface area contributed by atoms with E-state index in [1.807, 2.05) is 42.5 Å². The summed E-state index contributed by atoms with van der Waals surface area (Å²) in [6.07, 6.45) is 9.13. The lowest BCUT2D eigenvalue weighted by atomic mass is 9.81. The fourth-order valence-corrected chi connectivity index (χ4v) is 8.35. The summed E-state index contributed by atoms with van der Waals surface area (Å²) in [5.41, 5.74) is 2.08. The predicted octanol–water partition coefficient (Wildman–Crippen LogP) is 6.29. The number of nitrogens with one attached hydrogen (secondary N) is 1. The second-order valence-electron chi connectivity index (χ2n) is 10.1. The molecule has 2 saturated carbocycles. The lowest BCUT2D eigenvalue weighted by Crippen LogP contribution is -2.43. The Kier molecular flexibility index (Phi) is 8.35. The highest BCUT2D eigenvalue weighted by Crippen LogP contribution is 2.50. The third-order valence-corrected chi connectivity index (χ3v) is 11.4. The van der Waals surface area contributed by atoms with Crippen molar-refractivity contribution in [2.75, 3.05) is 12.3 Å². The van der Waals surface area contributed by atoms with Crippen LogP contribution in [-0.4, -0.2) is 31.7 Å². The molecule has 5 nitrogen and oxygen atoms in total. The molecule has 7 heteroatoms. The Morgan fingerprint density at radius 2 is 1.56 bits per heavy atom. The molecule has 2 aliphatic carbocycles. The summed E-state index contributed by atoms with van der Waals surface area (Å²) in [5, 5.41) is 0. The largest absolute Gasteiger partial charge is 0.344 e. The highest BCUT2D eigenvalue weighted by molar-refractivity contribution is 7.89. The summed E-state index contributed by atoms with van der Waals surface area (Å²) in [7, 11) is -6.48. The molecule has 4 unspecified atom stereocenters. The number of rotatable bonds is 12. The van der Waals surface area contributed by atoms with E-state index in [1.165, 1.54) is 6.42 Å². The molecule has 2 aromatic rings. The fourth-order valence-electron chi connectivity index (χ4n) is 5.96. The van der Waals surface area contributed by atoms with Crippen LogP contribution in [0.5, 0.6) is 0 Å². The topological polar surface area (TPSA) is 83.5 Å². The standard InChI is InChI=1S/C27H38NO4PS/c1-2-33(29,30)19-9-4-3-8-12-26-23-13-14-24(20-23)27(26)28-34(31,32)25-17-15-22(16-18-25)21-10-6-5-7-11-21/h5-7,10-11,15-18,23-24,26-28H,2-4,8-9,12-14,19-20H2,1H3,(H,29,30)/t23-,24?,26?,27?/m0/s1. The van der Waals surface area contributed by atoms with Gasteiger partial charge < -0.3 is 4.89 Å². The predicted molar refractivity (Wildman–Crippen MR) is 139 cm³/mol. The zero-order valence-electron chi connectivity index (χ0n) is 20.1. The molecular formula is C27H38NO4PS. The van der Waals surface area contributed by atoms with Gasteiger partial charge in [-0.3, -0.25) is 4.57 Å². The van der Waals surface area contributed by atoms with Crippen molar-refractivity contribution in [3.05, 3.63) is 54.6 Å². The molecule has 2 bridgehead atoms. The smallest absolute Gasteiger partial charge is 0.240 e. The van der Waals surface area contributed by atoms with Gasteiger partial charge in [-0.1, -0.05) is 68.7 Å². The van der Waals surface area contributed by atoms with E-state index in [2.05, 4.69) is 4.72 Å². The number of fused-ring (bicyclic) bond motifs is 2. The van der Waals surface area contributed by atoms with E-state index < -0.39 is 17.4 Å². The van der Waals surface area contributed by atoms with Crippen LogP contribution in [0.2, 0.25) is 0 Å². The van der Waals surface area contributed by atoms with E-state index in [-0.39, 0.29) is 6.04 Å². The van der Waals surface area contributed by atoms with Crippen molar-refractivity contribution in [1.29, 1.82) is 0 Å². The van der Waals surface area contributed by atoms with Crippen molar-refractivity contribution >= 4 is 17.4 Å². The number of hydrogen-bond donors (Lipinski definition) is 2. The molecule has 5 atom stereocenters. The molecule has 0 amide bonds. The summed E-state index contributed by atoms with van der Waals surface area (Å²) < 4.78 is 41.3. The number of hydrogen-bond acceptors (Lipinski definition) is 3. The van der Waals surface area contributed by atoms with Gasteiger partial charge in [-0.25, -0.2) is 13.1 Å². The average molecular weight is 504 g/mol. The van der Waals surface area contributed by atoms with E-state index in [0.29, 0.717) is 35.0 Å². The summed E-state index contributed by atoms with van der Waals surface area (Å²) in [6.45, 7) is 1.77. The first-order chi connectivity index (χ1) is 16.3. The maximum atomic E-state index is 13.2. The van der Waals surface area contributed by atoms with Crippen LogP contribution in [-0.2, 0) is 14.6 Å². The van der Waals surface area contributed by atoms with E-state index in [1.54, 1.807) is 19.1 Å². The van der Waals surface area contributed by atoms with Gasteiger partial charge in [0.15, 0.2) is 7.37 Å². The van der Waals surface area contributed by atoms with Crippen LogP contribution in [0.3, 0.4) is 0 Å². The molecule has 0 aliphatic heterocycles. The lowest BCUT2D eigenvalue weighted by molar-refractivity contribution is 0.251. The van der Waals surface area contributed by atoms with E-state index in [4.69, 9.17) is 0 Å².